The summed E-state index contributed by atoms with van der Waals surface area (Å²) >= 11 is 5.76. The number of methoxy groups -OCH3 is 1. The molecule has 0 fully saturated rings. The molecule has 0 aliphatic carbocycles. The van der Waals surface area contributed by atoms with Gasteiger partial charge in [-0.15, -0.1) is 0 Å². The fraction of sp³-hybridized carbons (Fsp3) is 0.231. The molecular formula is C13H11ClFNO4. The van der Waals surface area contributed by atoms with Crippen LogP contribution in [0.1, 0.15) is 17.4 Å². The fourth-order valence-electron chi connectivity index (χ4n) is 1.57. The predicted octanol–water partition coefficient (Wildman–Crippen LogP) is 3.32. The minimum atomic E-state index is -0.664. The Kier molecular flexibility index (Phi) is 4.24. The molecule has 0 atom stereocenters. The van der Waals surface area contributed by atoms with E-state index in [1.54, 1.807) is 6.92 Å². The van der Waals surface area contributed by atoms with E-state index in [0.29, 0.717) is 5.56 Å². The summed E-state index contributed by atoms with van der Waals surface area (Å²) in [5.74, 6) is -1.03. The monoisotopic (exact) mass is 299 g/mol. The summed E-state index contributed by atoms with van der Waals surface area (Å²) in [5.41, 5.74) is 0.470. The second-order valence-electron chi connectivity index (χ2n) is 3.77. The van der Waals surface area contributed by atoms with Crippen molar-refractivity contribution in [3.63, 3.8) is 0 Å². The van der Waals surface area contributed by atoms with E-state index in [4.69, 9.17) is 25.6 Å². The van der Waals surface area contributed by atoms with E-state index in [0.717, 1.165) is 0 Å². The molecule has 0 radical (unpaired) electrons. The van der Waals surface area contributed by atoms with Gasteiger partial charge in [0.2, 0.25) is 0 Å². The Morgan fingerprint density at radius 1 is 1.45 bits per heavy atom. The molecule has 0 aliphatic rings. The summed E-state index contributed by atoms with van der Waals surface area (Å²) in [7, 11) is 1.32. The van der Waals surface area contributed by atoms with Crippen molar-refractivity contribution in [3.8, 4) is 17.1 Å². The van der Waals surface area contributed by atoms with Crippen molar-refractivity contribution in [1.29, 1.82) is 0 Å². The second-order valence-corrected chi connectivity index (χ2v) is 4.18. The van der Waals surface area contributed by atoms with E-state index in [1.807, 2.05) is 0 Å². The lowest BCUT2D eigenvalue weighted by atomic mass is 10.1. The van der Waals surface area contributed by atoms with Crippen LogP contribution in [0.15, 0.2) is 22.7 Å². The van der Waals surface area contributed by atoms with E-state index in [9.17, 15) is 9.18 Å². The van der Waals surface area contributed by atoms with Gasteiger partial charge in [0.1, 0.15) is 0 Å². The van der Waals surface area contributed by atoms with Crippen LogP contribution in [0.2, 0.25) is 5.02 Å². The van der Waals surface area contributed by atoms with E-state index < -0.39 is 11.8 Å². The molecule has 5 nitrogen and oxygen atoms in total. The quantitative estimate of drug-likeness (QED) is 0.810. The largest absolute Gasteiger partial charge is 0.494 e. The molecule has 0 bridgehead atoms. The lowest BCUT2D eigenvalue weighted by Crippen LogP contribution is -2.04. The standard InChI is InChI=1S/C13H11ClFNO4/c1-3-19-13(17)9-6-10(20-16-9)7-4-8(14)12(15)11(5-7)18-2/h4-6H,3H2,1-2H3. The van der Waals surface area contributed by atoms with E-state index in [2.05, 4.69) is 5.16 Å². The molecule has 0 spiro atoms. The molecule has 7 heteroatoms. The Hall–Kier alpha value is -2.08. The van der Waals surface area contributed by atoms with Crippen LogP contribution in [-0.2, 0) is 4.74 Å². The molecule has 106 valence electrons. The lowest BCUT2D eigenvalue weighted by Gasteiger charge is -2.05. The number of ether oxygens (including phenoxy) is 2. The molecule has 0 N–H and O–H groups in total. The highest BCUT2D eigenvalue weighted by molar-refractivity contribution is 6.31. The summed E-state index contributed by atoms with van der Waals surface area (Å²) in [5, 5.41) is 3.47. The first kappa shape index (κ1) is 14.3. The number of rotatable bonds is 4. The summed E-state index contributed by atoms with van der Waals surface area (Å²) < 4.78 is 28.2. The van der Waals surface area contributed by atoms with Gasteiger partial charge >= 0.3 is 5.97 Å². The molecular weight excluding hydrogens is 289 g/mol. The van der Waals surface area contributed by atoms with Gasteiger partial charge in [0.15, 0.2) is 23.0 Å². The number of nitrogens with zero attached hydrogens (tertiary/aromatic N) is 1. The fourth-order valence-corrected chi connectivity index (χ4v) is 1.78. The molecule has 2 aromatic rings. The SMILES string of the molecule is CCOC(=O)c1cc(-c2cc(Cl)c(F)c(OC)c2)on1. The number of hydrogen-bond donors (Lipinski definition) is 0. The second kappa shape index (κ2) is 5.92. The van der Waals surface area contributed by atoms with Crippen molar-refractivity contribution in [1.82, 2.24) is 5.16 Å². The molecule has 1 aromatic heterocycles. The Morgan fingerprint density at radius 2 is 2.20 bits per heavy atom. The summed E-state index contributed by atoms with van der Waals surface area (Å²) in [6.45, 7) is 1.92. The van der Waals surface area contributed by atoms with Crippen molar-refractivity contribution >= 4 is 17.6 Å². The molecule has 0 saturated carbocycles. The number of esters is 1. The van der Waals surface area contributed by atoms with Gasteiger partial charge in [0.05, 0.1) is 18.7 Å². The molecule has 0 amide bonds. The molecule has 0 aliphatic heterocycles. The van der Waals surface area contributed by atoms with Crippen LogP contribution in [0.25, 0.3) is 11.3 Å². The van der Waals surface area contributed by atoms with E-state index >= 15 is 0 Å². The van der Waals surface area contributed by atoms with Crippen LogP contribution in [0.3, 0.4) is 0 Å². The summed E-state index contributed by atoms with van der Waals surface area (Å²) in [6.07, 6.45) is 0. The maximum Gasteiger partial charge on any atom is 0.360 e. The minimum Gasteiger partial charge on any atom is -0.494 e. The van der Waals surface area contributed by atoms with Gasteiger partial charge in [-0.3, -0.25) is 0 Å². The number of carbonyl (C=O) groups excluding carboxylic acids is 1. The zero-order valence-electron chi connectivity index (χ0n) is 10.8. The van der Waals surface area contributed by atoms with Crippen LogP contribution in [0.5, 0.6) is 5.75 Å². The van der Waals surface area contributed by atoms with Gasteiger partial charge in [0, 0.05) is 11.6 Å². The number of hydrogen-bond acceptors (Lipinski definition) is 5. The van der Waals surface area contributed by atoms with Gasteiger partial charge < -0.3 is 14.0 Å². The Labute approximate surface area is 119 Å². The highest BCUT2D eigenvalue weighted by Crippen LogP contribution is 2.32. The van der Waals surface area contributed by atoms with Crippen LogP contribution in [0.4, 0.5) is 4.39 Å². The van der Waals surface area contributed by atoms with Gasteiger partial charge in [-0.25, -0.2) is 9.18 Å². The zero-order valence-corrected chi connectivity index (χ0v) is 11.5. The molecule has 1 heterocycles. The third kappa shape index (κ3) is 2.75. The lowest BCUT2D eigenvalue weighted by molar-refractivity contribution is 0.0514. The first-order valence-electron chi connectivity index (χ1n) is 5.74. The molecule has 0 unspecified atom stereocenters. The van der Waals surface area contributed by atoms with Crippen molar-refractivity contribution < 1.29 is 23.2 Å². The first-order valence-corrected chi connectivity index (χ1v) is 6.11. The number of benzene rings is 1. The third-order valence-corrected chi connectivity index (χ3v) is 2.77. The van der Waals surface area contributed by atoms with E-state index in [1.165, 1.54) is 25.3 Å². The molecule has 0 saturated heterocycles. The third-order valence-electron chi connectivity index (χ3n) is 2.49. The normalized spacial score (nSPS) is 10.4. The van der Waals surface area contributed by atoms with Gasteiger partial charge in [0.25, 0.3) is 0 Å². The van der Waals surface area contributed by atoms with Crippen LogP contribution < -0.4 is 4.74 Å². The van der Waals surface area contributed by atoms with Crippen LogP contribution in [-0.4, -0.2) is 24.8 Å². The minimum absolute atomic E-state index is 0.0263. The van der Waals surface area contributed by atoms with Crippen molar-refractivity contribution in [3.05, 3.63) is 34.7 Å². The Morgan fingerprint density at radius 3 is 2.85 bits per heavy atom. The smallest absolute Gasteiger partial charge is 0.360 e. The Balaban J connectivity index is 2.37. The maximum absolute atomic E-state index is 13.6. The van der Waals surface area contributed by atoms with E-state index in [-0.39, 0.29) is 28.8 Å². The van der Waals surface area contributed by atoms with Crippen molar-refractivity contribution in [2.75, 3.05) is 13.7 Å². The molecule has 2 rings (SSSR count). The topological polar surface area (TPSA) is 61.6 Å². The van der Waals surface area contributed by atoms with Gasteiger partial charge in [-0.05, 0) is 19.1 Å². The van der Waals surface area contributed by atoms with Crippen LogP contribution >= 0.6 is 11.6 Å². The zero-order chi connectivity index (χ0) is 14.7. The predicted molar refractivity (Wildman–Crippen MR) is 69.4 cm³/mol. The van der Waals surface area contributed by atoms with Crippen molar-refractivity contribution in [2.45, 2.75) is 6.92 Å². The molecule has 20 heavy (non-hydrogen) atoms. The molecule has 1 aromatic carbocycles. The first-order chi connectivity index (χ1) is 9.56. The number of halogens is 2. The number of aromatic nitrogens is 1. The average Bonchev–Trinajstić information content (AvgIpc) is 2.91. The summed E-state index contributed by atoms with van der Waals surface area (Å²) in [4.78, 5) is 11.5. The van der Waals surface area contributed by atoms with Crippen LogP contribution in [0, 0.1) is 5.82 Å². The highest BCUT2D eigenvalue weighted by atomic mass is 35.5. The average molecular weight is 300 g/mol. The maximum atomic E-state index is 13.6. The van der Waals surface area contributed by atoms with Crippen molar-refractivity contribution in [2.24, 2.45) is 0 Å². The Bertz CT molecular complexity index is 641. The summed E-state index contributed by atoms with van der Waals surface area (Å²) in [6, 6.07) is 4.15. The number of carbonyl (C=O) groups is 1. The van der Waals surface area contributed by atoms with Gasteiger partial charge in [-0.2, -0.15) is 0 Å². The highest BCUT2D eigenvalue weighted by Gasteiger charge is 2.17. The van der Waals surface area contributed by atoms with Gasteiger partial charge in [-0.1, -0.05) is 16.8 Å².